The van der Waals surface area contributed by atoms with Gasteiger partial charge in [0.05, 0.1) is 30.4 Å². The highest BCUT2D eigenvalue weighted by molar-refractivity contribution is 8.02. The summed E-state index contributed by atoms with van der Waals surface area (Å²) in [5.74, 6) is -10.3. The number of halogens is 4. The molecule has 2 rings (SSSR count). The first-order valence-electron chi connectivity index (χ1n) is 9.92. The zero-order valence-electron chi connectivity index (χ0n) is 18.2. The molecule has 0 aliphatic carbocycles. The Kier molecular flexibility index (Phi) is 9.93. The molecular formula is C23H23F4NO4S. The van der Waals surface area contributed by atoms with Gasteiger partial charge in [-0.2, -0.15) is 0 Å². The summed E-state index contributed by atoms with van der Waals surface area (Å²) in [6.45, 7) is 3.60. The fourth-order valence-electron chi connectivity index (χ4n) is 2.79. The number of esters is 1. The van der Waals surface area contributed by atoms with Crippen molar-refractivity contribution in [1.82, 2.24) is 5.32 Å². The van der Waals surface area contributed by atoms with Crippen molar-refractivity contribution in [2.24, 2.45) is 0 Å². The van der Waals surface area contributed by atoms with Gasteiger partial charge in [0.1, 0.15) is 5.57 Å². The van der Waals surface area contributed by atoms with E-state index >= 15 is 0 Å². The fourth-order valence-corrected chi connectivity index (χ4v) is 3.49. The lowest BCUT2D eigenvalue weighted by atomic mass is 10.0. The molecule has 0 aliphatic heterocycles. The molecule has 0 aliphatic rings. The van der Waals surface area contributed by atoms with E-state index in [4.69, 9.17) is 9.47 Å². The van der Waals surface area contributed by atoms with E-state index in [1.54, 1.807) is 6.92 Å². The molecule has 1 N–H and O–H groups in total. The van der Waals surface area contributed by atoms with Crippen molar-refractivity contribution in [2.75, 3.05) is 19.5 Å². The average molecular weight is 485 g/mol. The molecule has 0 fully saturated rings. The Balaban J connectivity index is 2.31. The molecule has 0 spiro atoms. The highest BCUT2D eigenvalue weighted by Crippen LogP contribution is 2.25. The van der Waals surface area contributed by atoms with Gasteiger partial charge < -0.3 is 14.8 Å². The van der Waals surface area contributed by atoms with Gasteiger partial charge in [0.15, 0.2) is 23.3 Å². The third kappa shape index (κ3) is 6.82. The largest absolute Gasteiger partial charge is 0.462 e. The van der Waals surface area contributed by atoms with Crippen LogP contribution in [0.15, 0.2) is 47.0 Å². The minimum absolute atomic E-state index is 0.0150. The summed E-state index contributed by atoms with van der Waals surface area (Å²) >= 11 is 0.938. The van der Waals surface area contributed by atoms with Crippen molar-refractivity contribution in [3.8, 4) is 0 Å². The Morgan fingerprint density at radius 2 is 1.73 bits per heavy atom. The summed E-state index contributed by atoms with van der Waals surface area (Å²) in [7, 11) is 0. The van der Waals surface area contributed by atoms with Crippen LogP contribution in [0.3, 0.4) is 0 Å². The first-order chi connectivity index (χ1) is 15.7. The zero-order valence-corrected chi connectivity index (χ0v) is 19.0. The third-order valence-corrected chi connectivity index (χ3v) is 5.07. The van der Waals surface area contributed by atoms with Crippen LogP contribution in [0.4, 0.5) is 17.6 Å². The van der Waals surface area contributed by atoms with Crippen LogP contribution in [0.25, 0.3) is 0 Å². The van der Waals surface area contributed by atoms with E-state index in [1.807, 2.05) is 30.3 Å². The van der Waals surface area contributed by atoms with Crippen LogP contribution in [0, 0.1) is 23.3 Å². The molecule has 0 radical (unpaired) electrons. The summed E-state index contributed by atoms with van der Waals surface area (Å²) in [5, 5.41) is 2.90. The standard InChI is InChI=1S/C23H23F4NO4S/c1-4-32-23(30)17(21(29)15-10-16(24)19(26)20(27)18(15)25)22(33-3)28-13(2)11-31-12-14-8-6-5-7-9-14/h5-10,13,28H,4,11-12H2,1-3H3/b22-17-/t13-/m0/s1. The summed E-state index contributed by atoms with van der Waals surface area (Å²) < 4.78 is 65.4. The molecular weight excluding hydrogens is 462 g/mol. The lowest BCUT2D eigenvalue weighted by molar-refractivity contribution is -0.138. The number of nitrogens with one attached hydrogen (secondary N) is 1. The first kappa shape index (κ1) is 26.4. The molecule has 0 unspecified atom stereocenters. The van der Waals surface area contributed by atoms with E-state index < -0.39 is 52.2 Å². The maximum Gasteiger partial charge on any atom is 0.344 e. The maximum absolute atomic E-state index is 14.2. The molecule has 1 atom stereocenters. The van der Waals surface area contributed by atoms with Gasteiger partial charge in [-0.3, -0.25) is 4.79 Å². The van der Waals surface area contributed by atoms with Gasteiger partial charge in [0.2, 0.25) is 5.78 Å². The zero-order chi connectivity index (χ0) is 24.5. The quantitative estimate of drug-likeness (QED) is 0.0724. The molecule has 10 heteroatoms. The molecule has 0 saturated carbocycles. The first-order valence-corrected chi connectivity index (χ1v) is 11.1. The van der Waals surface area contributed by atoms with Crippen molar-refractivity contribution in [1.29, 1.82) is 0 Å². The Morgan fingerprint density at radius 3 is 2.33 bits per heavy atom. The van der Waals surface area contributed by atoms with Gasteiger partial charge in [-0.15, -0.1) is 11.8 Å². The van der Waals surface area contributed by atoms with Gasteiger partial charge in [-0.05, 0) is 31.7 Å². The highest BCUT2D eigenvalue weighted by Gasteiger charge is 2.31. The number of rotatable bonds is 11. The normalized spacial score (nSPS) is 12.7. The van der Waals surface area contributed by atoms with E-state index in [1.165, 1.54) is 13.2 Å². The number of hydrogen-bond acceptors (Lipinski definition) is 6. The van der Waals surface area contributed by atoms with Crippen molar-refractivity contribution >= 4 is 23.5 Å². The Labute approximate surface area is 193 Å². The smallest absolute Gasteiger partial charge is 0.344 e. The SMILES string of the molecule is CCOC(=O)/C(C(=O)c1cc(F)c(F)c(F)c1F)=C(/N[C@@H](C)COCc1ccccc1)SC. The van der Waals surface area contributed by atoms with Crippen LogP contribution in [0.2, 0.25) is 0 Å². The highest BCUT2D eigenvalue weighted by atomic mass is 32.2. The van der Waals surface area contributed by atoms with E-state index in [0.29, 0.717) is 6.61 Å². The molecule has 178 valence electrons. The molecule has 2 aromatic carbocycles. The van der Waals surface area contributed by atoms with Crippen molar-refractivity contribution in [3.63, 3.8) is 0 Å². The molecule has 2 aromatic rings. The van der Waals surface area contributed by atoms with Crippen LogP contribution in [0.1, 0.15) is 29.8 Å². The fraction of sp³-hybridized carbons (Fsp3) is 0.304. The number of Topliss-reactive ketones (excluding diaryl/α,β-unsaturated/α-hetero) is 1. The predicted octanol–water partition coefficient (Wildman–Crippen LogP) is 4.76. The van der Waals surface area contributed by atoms with Crippen LogP contribution < -0.4 is 5.32 Å². The number of carbonyl (C=O) groups is 2. The minimum atomic E-state index is -2.15. The van der Waals surface area contributed by atoms with E-state index in [9.17, 15) is 27.2 Å². The molecule has 0 saturated heterocycles. The molecule has 0 heterocycles. The topological polar surface area (TPSA) is 64.6 Å². The van der Waals surface area contributed by atoms with Gasteiger partial charge in [-0.1, -0.05) is 30.3 Å². The lowest BCUT2D eigenvalue weighted by Gasteiger charge is -2.19. The summed E-state index contributed by atoms with van der Waals surface area (Å²) in [5.41, 5.74) is -0.845. The van der Waals surface area contributed by atoms with Gasteiger partial charge in [0.25, 0.3) is 0 Å². The van der Waals surface area contributed by atoms with E-state index in [2.05, 4.69) is 5.32 Å². The van der Waals surface area contributed by atoms with Crippen LogP contribution in [-0.4, -0.2) is 37.3 Å². The minimum Gasteiger partial charge on any atom is -0.462 e. The number of benzene rings is 2. The number of thioether (sulfide) groups is 1. The van der Waals surface area contributed by atoms with Gasteiger partial charge in [0, 0.05) is 6.04 Å². The lowest BCUT2D eigenvalue weighted by Crippen LogP contribution is -2.32. The third-order valence-electron chi connectivity index (χ3n) is 4.34. The Hall–Kier alpha value is -2.85. The summed E-state index contributed by atoms with van der Waals surface area (Å²) in [4.78, 5) is 25.5. The number of ether oxygens (including phenoxy) is 2. The van der Waals surface area contributed by atoms with Crippen molar-refractivity contribution < 1.29 is 36.6 Å². The predicted molar refractivity (Wildman–Crippen MR) is 116 cm³/mol. The van der Waals surface area contributed by atoms with Gasteiger partial charge in [-0.25, -0.2) is 22.4 Å². The Morgan fingerprint density at radius 1 is 1.06 bits per heavy atom. The van der Waals surface area contributed by atoms with Gasteiger partial charge >= 0.3 is 5.97 Å². The summed E-state index contributed by atoms with van der Waals surface area (Å²) in [6.07, 6.45) is 1.54. The molecule has 0 aromatic heterocycles. The van der Waals surface area contributed by atoms with Crippen LogP contribution >= 0.6 is 11.8 Å². The second-order valence-corrected chi connectivity index (χ2v) is 7.67. The van der Waals surface area contributed by atoms with Crippen LogP contribution in [0.5, 0.6) is 0 Å². The average Bonchev–Trinajstić information content (AvgIpc) is 2.80. The molecule has 33 heavy (non-hydrogen) atoms. The summed E-state index contributed by atoms with van der Waals surface area (Å²) in [6, 6.07) is 9.17. The Bertz CT molecular complexity index is 1030. The van der Waals surface area contributed by atoms with E-state index in [0.717, 1.165) is 17.3 Å². The van der Waals surface area contributed by atoms with Crippen LogP contribution in [-0.2, 0) is 20.9 Å². The van der Waals surface area contributed by atoms with Crippen molar-refractivity contribution in [2.45, 2.75) is 26.5 Å². The van der Waals surface area contributed by atoms with E-state index in [-0.39, 0.29) is 24.3 Å². The second kappa shape index (κ2) is 12.4. The number of carbonyl (C=O) groups excluding carboxylic acids is 2. The second-order valence-electron chi connectivity index (χ2n) is 6.85. The molecule has 5 nitrogen and oxygen atoms in total. The monoisotopic (exact) mass is 485 g/mol. The number of hydrogen-bond donors (Lipinski definition) is 1. The number of ketones is 1. The molecule has 0 amide bonds. The molecule has 0 bridgehead atoms. The maximum atomic E-state index is 14.2. The van der Waals surface area contributed by atoms with Crippen molar-refractivity contribution in [3.05, 3.63) is 81.4 Å².